The van der Waals surface area contributed by atoms with Crippen molar-refractivity contribution in [3.8, 4) is 6.07 Å². The molecule has 0 spiro atoms. The molecule has 2 nitrogen and oxygen atoms in total. The number of hydrogen-bond acceptors (Lipinski definition) is 3. The lowest BCUT2D eigenvalue weighted by Gasteiger charge is -2.24. The van der Waals surface area contributed by atoms with Crippen LogP contribution in [0.3, 0.4) is 0 Å². The Balaban J connectivity index is 3.03. The summed E-state index contributed by atoms with van der Waals surface area (Å²) in [5.74, 6) is -0.744. The number of hydrogen-bond donors (Lipinski definition) is 1. The second-order valence-electron chi connectivity index (χ2n) is 4.99. The molecule has 0 aliphatic carbocycles. The Hall–Kier alpha value is -1.19. The number of nitrogens with one attached hydrogen (secondary N) is 1. The van der Waals surface area contributed by atoms with Crippen LogP contribution < -0.4 is 4.72 Å². The average Bonchev–Trinajstić information content (AvgIpc) is 2.29. The predicted octanol–water partition coefficient (Wildman–Crippen LogP) is 4.04. The second-order valence-corrected chi connectivity index (χ2v) is 6.66. The predicted molar refractivity (Wildman–Crippen MR) is 70.3 cm³/mol. The maximum absolute atomic E-state index is 13.6. The molecule has 0 aliphatic rings. The zero-order valence-electron chi connectivity index (χ0n) is 10.9. The molecule has 6 heteroatoms. The summed E-state index contributed by atoms with van der Waals surface area (Å²) in [7, 11) is 0. The zero-order valence-corrected chi connectivity index (χ0v) is 11.7. The molecule has 1 aromatic carbocycles. The van der Waals surface area contributed by atoms with Crippen LogP contribution in [0.2, 0.25) is 0 Å². The monoisotopic (exact) mass is 288 g/mol. The average molecular weight is 288 g/mol. The standard InChI is InChI=1S/C13H15F3N2S/c1-13(2,3)19-18-11(12(15)16)9-6-8(7-17)4-5-10(9)14/h4-6,11-12,18H,1-3H3. The Morgan fingerprint density at radius 1 is 1.32 bits per heavy atom. The van der Waals surface area contributed by atoms with Crippen LogP contribution >= 0.6 is 11.9 Å². The Kier molecular flexibility index (Phi) is 5.27. The fourth-order valence-electron chi connectivity index (χ4n) is 1.34. The molecular formula is C13H15F3N2S. The van der Waals surface area contributed by atoms with Gasteiger partial charge in [-0.15, -0.1) is 0 Å². The SMILES string of the molecule is CC(C)(C)SNC(c1cc(C#N)ccc1F)C(F)F. The summed E-state index contributed by atoms with van der Waals surface area (Å²) in [6, 6.07) is 3.82. The lowest BCUT2D eigenvalue weighted by Crippen LogP contribution is -2.27. The van der Waals surface area contributed by atoms with Gasteiger partial charge >= 0.3 is 0 Å². The highest BCUT2D eigenvalue weighted by atomic mass is 32.2. The van der Waals surface area contributed by atoms with Gasteiger partial charge in [0.25, 0.3) is 6.43 Å². The third-order valence-electron chi connectivity index (χ3n) is 2.20. The van der Waals surface area contributed by atoms with Crippen LogP contribution in [0.15, 0.2) is 18.2 Å². The van der Waals surface area contributed by atoms with Crippen molar-refractivity contribution in [1.82, 2.24) is 4.72 Å². The molecule has 0 amide bonds. The lowest BCUT2D eigenvalue weighted by atomic mass is 10.0. The molecule has 0 aromatic heterocycles. The third-order valence-corrected chi connectivity index (χ3v) is 3.19. The molecule has 1 aromatic rings. The van der Waals surface area contributed by atoms with E-state index in [1.54, 1.807) is 0 Å². The van der Waals surface area contributed by atoms with Gasteiger partial charge in [0.1, 0.15) is 11.9 Å². The summed E-state index contributed by atoms with van der Waals surface area (Å²) in [6.07, 6.45) is -2.77. The van der Waals surface area contributed by atoms with Crippen molar-refractivity contribution in [3.05, 3.63) is 35.1 Å². The Labute approximate surface area is 115 Å². The molecule has 1 atom stereocenters. The highest BCUT2D eigenvalue weighted by Gasteiger charge is 2.27. The van der Waals surface area contributed by atoms with Crippen LogP contribution in [-0.2, 0) is 0 Å². The van der Waals surface area contributed by atoms with Crippen LogP contribution in [-0.4, -0.2) is 11.2 Å². The van der Waals surface area contributed by atoms with E-state index in [-0.39, 0.29) is 15.9 Å². The minimum atomic E-state index is -2.77. The van der Waals surface area contributed by atoms with Crippen LogP contribution in [0, 0.1) is 17.1 Å². The number of nitriles is 1. The summed E-state index contributed by atoms with van der Waals surface area (Å²) in [5, 5.41) is 8.75. The molecule has 19 heavy (non-hydrogen) atoms. The van der Waals surface area contributed by atoms with E-state index in [2.05, 4.69) is 4.72 Å². The number of rotatable bonds is 4. The minimum absolute atomic E-state index is 0.157. The van der Waals surface area contributed by atoms with Gasteiger partial charge in [-0.2, -0.15) is 5.26 Å². The quantitative estimate of drug-likeness (QED) is 0.849. The van der Waals surface area contributed by atoms with Crippen molar-refractivity contribution >= 4 is 11.9 Å². The van der Waals surface area contributed by atoms with Crippen LogP contribution in [0.4, 0.5) is 13.2 Å². The number of halogens is 3. The van der Waals surface area contributed by atoms with E-state index in [0.717, 1.165) is 24.1 Å². The van der Waals surface area contributed by atoms with Crippen molar-refractivity contribution in [2.45, 2.75) is 38.0 Å². The van der Waals surface area contributed by atoms with E-state index < -0.39 is 18.3 Å². The fraction of sp³-hybridized carbons (Fsp3) is 0.462. The maximum atomic E-state index is 13.6. The molecule has 0 bridgehead atoms. The molecule has 0 radical (unpaired) electrons. The summed E-state index contributed by atoms with van der Waals surface area (Å²) >= 11 is 1.11. The molecule has 1 unspecified atom stereocenters. The summed E-state index contributed by atoms with van der Waals surface area (Å²) in [4.78, 5) is 0. The van der Waals surface area contributed by atoms with E-state index in [1.807, 2.05) is 26.8 Å². The first-order valence-electron chi connectivity index (χ1n) is 5.66. The first-order chi connectivity index (χ1) is 8.74. The van der Waals surface area contributed by atoms with Crippen molar-refractivity contribution < 1.29 is 13.2 Å². The molecule has 1 N–H and O–H groups in total. The van der Waals surface area contributed by atoms with E-state index in [0.29, 0.717) is 0 Å². The molecule has 0 saturated carbocycles. The molecular weight excluding hydrogens is 273 g/mol. The van der Waals surface area contributed by atoms with Gasteiger partial charge in [-0.1, -0.05) is 11.9 Å². The summed E-state index contributed by atoms with van der Waals surface area (Å²) < 4.78 is 42.0. The number of nitrogens with zero attached hydrogens (tertiary/aromatic N) is 1. The summed E-state index contributed by atoms with van der Waals surface area (Å²) in [5.41, 5.74) is -0.0320. The first kappa shape index (κ1) is 15.9. The first-order valence-corrected chi connectivity index (χ1v) is 6.47. The van der Waals surface area contributed by atoms with Crippen molar-refractivity contribution in [1.29, 1.82) is 5.26 Å². The summed E-state index contributed by atoms with van der Waals surface area (Å²) in [6.45, 7) is 5.57. The van der Waals surface area contributed by atoms with Crippen molar-refractivity contribution in [2.75, 3.05) is 0 Å². The zero-order chi connectivity index (χ0) is 14.6. The lowest BCUT2D eigenvalue weighted by molar-refractivity contribution is 0.108. The van der Waals surface area contributed by atoms with Crippen molar-refractivity contribution in [2.24, 2.45) is 0 Å². The van der Waals surface area contributed by atoms with Crippen LogP contribution in [0.25, 0.3) is 0 Å². The highest BCUT2D eigenvalue weighted by Crippen LogP contribution is 2.30. The van der Waals surface area contributed by atoms with E-state index in [1.165, 1.54) is 6.07 Å². The number of alkyl halides is 2. The molecule has 0 heterocycles. The van der Waals surface area contributed by atoms with Crippen LogP contribution in [0.5, 0.6) is 0 Å². The molecule has 0 saturated heterocycles. The molecule has 1 rings (SSSR count). The maximum Gasteiger partial charge on any atom is 0.258 e. The van der Waals surface area contributed by atoms with E-state index >= 15 is 0 Å². The Bertz CT molecular complexity index is 478. The van der Waals surface area contributed by atoms with Crippen LogP contribution in [0.1, 0.15) is 37.9 Å². The van der Waals surface area contributed by atoms with Gasteiger partial charge in [-0.05, 0) is 39.0 Å². The Morgan fingerprint density at radius 3 is 2.42 bits per heavy atom. The van der Waals surface area contributed by atoms with Crippen molar-refractivity contribution in [3.63, 3.8) is 0 Å². The van der Waals surface area contributed by atoms with E-state index in [4.69, 9.17) is 5.26 Å². The topological polar surface area (TPSA) is 35.8 Å². The second kappa shape index (κ2) is 6.31. The molecule has 0 aliphatic heterocycles. The minimum Gasteiger partial charge on any atom is -0.250 e. The molecule has 104 valence electrons. The normalized spacial score (nSPS) is 13.4. The smallest absolute Gasteiger partial charge is 0.250 e. The van der Waals surface area contributed by atoms with Gasteiger partial charge in [0.15, 0.2) is 0 Å². The Morgan fingerprint density at radius 2 is 1.95 bits per heavy atom. The van der Waals surface area contributed by atoms with Gasteiger partial charge in [-0.25, -0.2) is 13.2 Å². The third kappa shape index (κ3) is 4.77. The van der Waals surface area contributed by atoms with Gasteiger partial charge in [0, 0.05) is 10.3 Å². The highest BCUT2D eigenvalue weighted by molar-refractivity contribution is 7.98. The number of benzene rings is 1. The van der Waals surface area contributed by atoms with E-state index in [9.17, 15) is 13.2 Å². The van der Waals surface area contributed by atoms with Gasteiger partial charge in [-0.3, -0.25) is 4.72 Å². The van der Waals surface area contributed by atoms with Gasteiger partial charge < -0.3 is 0 Å². The van der Waals surface area contributed by atoms with Gasteiger partial charge in [0.2, 0.25) is 0 Å². The largest absolute Gasteiger partial charge is 0.258 e. The van der Waals surface area contributed by atoms with Gasteiger partial charge in [0.05, 0.1) is 11.6 Å². The molecule has 0 fully saturated rings. The fourth-order valence-corrected chi connectivity index (χ4v) is 2.05.